The Labute approximate surface area is 138 Å². The van der Waals surface area contributed by atoms with Crippen molar-refractivity contribution in [1.29, 1.82) is 0 Å². The van der Waals surface area contributed by atoms with Crippen molar-refractivity contribution < 1.29 is 9.72 Å². The monoisotopic (exact) mass is 343 g/mol. The molecule has 120 valence electrons. The molecule has 0 radical (unpaired) electrons. The van der Waals surface area contributed by atoms with Crippen LogP contribution in [0.15, 0.2) is 47.8 Å². The zero-order valence-corrected chi connectivity index (χ0v) is 12.8. The minimum absolute atomic E-state index is 0.0148. The number of tetrazole rings is 1. The lowest BCUT2D eigenvalue weighted by Gasteiger charge is -2.02. The molecule has 1 amide bonds. The summed E-state index contributed by atoms with van der Waals surface area (Å²) in [5.41, 5.74) is 3.48. The van der Waals surface area contributed by atoms with Crippen LogP contribution in [0.2, 0.25) is 0 Å². The topological polar surface area (TPSA) is 128 Å². The zero-order chi connectivity index (χ0) is 16.9. The van der Waals surface area contributed by atoms with E-state index in [1.807, 2.05) is 0 Å². The molecular weight excluding hydrogens is 334 g/mol. The van der Waals surface area contributed by atoms with Gasteiger partial charge in [-0.3, -0.25) is 14.9 Å². The van der Waals surface area contributed by atoms with Gasteiger partial charge in [0.1, 0.15) is 6.33 Å². The van der Waals surface area contributed by atoms with Gasteiger partial charge in [-0.05, 0) is 40.8 Å². The van der Waals surface area contributed by atoms with Gasteiger partial charge in [0, 0.05) is 11.6 Å². The maximum atomic E-state index is 12.0. The van der Waals surface area contributed by atoms with Gasteiger partial charge in [0.15, 0.2) is 0 Å². The van der Waals surface area contributed by atoms with E-state index in [1.165, 1.54) is 23.3 Å². The molecule has 0 unspecified atom stereocenters. The Bertz CT molecular complexity index is 887. The van der Waals surface area contributed by atoms with Crippen LogP contribution in [0.4, 0.5) is 5.00 Å². The Kier molecular flexibility index (Phi) is 4.34. The van der Waals surface area contributed by atoms with Gasteiger partial charge in [-0.2, -0.15) is 5.10 Å². The first-order chi connectivity index (χ1) is 11.6. The highest BCUT2D eigenvalue weighted by atomic mass is 32.1. The van der Waals surface area contributed by atoms with Gasteiger partial charge < -0.3 is 0 Å². The lowest BCUT2D eigenvalue weighted by Crippen LogP contribution is -2.17. The molecule has 3 aromatic rings. The van der Waals surface area contributed by atoms with Gasteiger partial charge >= 0.3 is 5.00 Å². The molecule has 0 fully saturated rings. The summed E-state index contributed by atoms with van der Waals surface area (Å²) in [4.78, 5) is 22.6. The number of benzene rings is 1. The van der Waals surface area contributed by atoms with Crippen LogP contribution in [0, 0.1) is 10.1 Å². The molecule has 0 atom stereocenters. The van der Waals surface area contributed by atoms with Gasteiger partial charge in [0.25, 0.3) is 5.91 Å². The van der Waals surface area contributed by atoms with Crippen molar-refractivity contribution in [3.63, 3.8) is 0 Å². The molecule has 0 saturated carbocycles. The minimum atomic E-state index is -0.479. The standard InChI is InChI=1S/C13H9N7O3S/c21-13(16-14-7-11-5-6-12(24-11)20(22)23)9-1-3-10(4-2-9)19-8-15-17-18-19/h1-8H,(H,16,21)/b14-7-. The van der Waals surface area contributed by atoms with Crippen molar-refractivity contribution in [3.8, 4) is 5.69 Å². The van der Waals surface area contributed by atoms with E-state index in [-0.39, 0.29) is 5.00 Å². The Morgan fingerprint density at radius 3 is 2.71 bits per heavy atom. The normalized spacial score (nSPS) is 10.8. The number of hydrazone groups is 1. The van der Waals surface area contributed by atoms with Crippen molar-refractivity contribution >= 4 is 28.5 Å². The molecule has 0 spiro atoms. The van der Waals surface area contributed by atoms with Gasteiger partial charge in [-0.15, -0.1) is 5.10 Å². The fraction of sp³-hybridized carbons (Fsp3) is 0. The number of nitro groups is 1. The number of amides is 1. The van der Waals surface area contributed by atoms with Crippen LogP contribution in [0.5, 0.6) is 0 Å². The molecule has 2 aromatic heterocycles. The molecule has 2 heterocycles. The van der Waals surface area contributed by atoms with Crippen molar-refractivity contribution in [2.75, 3.05) is 0 Å². The van der Waals surface area contributed by atoms with Gasteiger partial charge in [-0.25, -0.2) is 10.1 Å². The first kappa shape index (κ1) is 15.4. The third-order valence-electron chi connectivity index (χ3n) is 2.89. The zero-order valence-electron chi connectivity index (χ0n) is 11.9. The molecule has 0 bridgehead atoms. The Hall–Kier alpha value is -3.47. The Balaban J connectivity index is 1.62. The van der Waals surface area contributed by atoms with E-state index in [0.29, 0.717) is 16.1 Å². The molecular formula is C13H9N7O3S. The van der Waals surface area contributed by atoms with Gasteiger partial charge in [0.2, 0.25) is 0 Å². The van der Waals surface area contributed by atoms with Crippen molar-refractivity contribution in [3.05, 3.63) is 63.3 Å². The maximum Gasteiger partial charge on any atom is 0.324 e. The summed E-state index contributed by atoms with van der Waals surface area (Å²) in [7, 11) is 0. The van der Waals surface area contributed by atoms with Crippen LogP contribution in [0.25, 0.3) is 5.69 Å². The summed E-state index contributed by atoms with van der Waals surface area (Å²) in [5, 5.41) is 25.2. The van der Waals surface area contributed by atoms with Crippen LogP contribution in [-0.4, -0.2) is 37.3 Å². The molecule has 0 saturated heterocycles. The fourth-order valence-electron chi connectivity index (χ4n) is 1.77. The summed E-state index contributed by atoms with van der Waals surface area (Å²) < 4.78 is 1.46. The molecule has 0 aliphatic rings. The first-order valence-corrected chi connectivity index (χ1v) is 7.36. The van der Waals surface area contributed by atoms with E-state index in [9.17, 15) is 14.9 Å². The second-order valence-electron chi connectivity index (χ2n) is 4.43. The van der Waals surface area contributed by atoms with E-state index in [0.717, 1.165) is 11.3 Å². The number of aromatic nitrogens is 4. The van der Waals surface area contributed by atoms with Crippen LogP contribution in [0.3, 0.4) is 0 Å². The predicted octanol–water partition coefficient (Wildman–Crippen LogP) is 1.40. The average molecular weight is 343 g/mol. The molecule has 11 heteroatoms. The summed E-state index contributed by atoms with van der Waals surface area (Å²) in [6, 6.07) is 9.54. The minimum Gasteiger partial charge on any atom is -0.267 e. The third-order valence-corrected chi connectivity index (χ3v) is 3.86. The van der Waals surface area contributed by atoms with Crippen LogP contribution >= 0.6 is 11.3 Å². The molecule has 24 heavy (non-hydrogen) atoms. The summed E-state index contributed by atoms with van der Waals surface area (Å²) in [6.07, 6.45) is 2.80. The molecule has 10 nitrogen and oxygen atoms in total. The highest BCUT2D eigenvalue weighted by Crippen LogP contribution is 2.22. The number of hydrogen-bond acceptors (Lipinski definition) is 8. The van der Waals surface area contributed by atoms with Crippen LogP contribution in [0.1, 0.15) is 15.2 Å². The molecule has 1 N–H and O–H groups in total. The number of hydrogen-bond donors (Lipinski definition) is 1. The average Bonchev–Trinajstić information content (AvgIpc) is 3.27. The number of thiophene rings is 1. The molecule has 0 aliphatic heterocycles. The van der Waals surface area contributed by atoms with Crippen molar-refractivity contribution in [2.45, 2.75) is 0 Å². The van der Waals surface area contributed by atoms with E-state index < -0.39 is 10.8 Å². The first-order valence-electron chi connectivity index (χ1n) is 6.54. The second-order valence-corrected chi connectivity index (χ2v) is 5.53. The SMILES string of the molecule is O=C(N/N=C\c1ccc([N+](=O)[O-])s1)c1ccc(-n2cnnn2)cc1. The summed E-state index contributed by atoms with van der Waals surface area (Å²) >= 11 is 0.968. The number of rotatable bonds is 5. The van der Waals surface area contributed by atoms with E-state index in [4.69, 9.17) is 0 Å². The molecule has 3 rings (SSSR count). The number of carbonyl (C=O) groups excluding carboxylic acids is 1. The summed E-state index contributed by atoms with van der Waals surface area (Å²) in [6.45, 7) is 0. The number of carbonyl (C=O) groups is 1. The maximum absolute atomic E-state index is 12.0. The smallest absolute Gasteiger partial charge is 0.267 e. The molecule has 1 aromatic carbocycles. The van der Waals surface area contributed by atoms with Crippen molar-refractivity contribution in [2.24, 2.45) is 5.10 Å². The lowest BCUT2D eigenvalue weighted by molar-refractivity contribution is -0.380. The quantitative estimate of drug-likeness (QED) is 0.423. The third kappa shape index (κ3) is 3.47. The van der Waals surface area contributed by atoms with Crippen LogP contribution in [-0.2, 0) is 0 Å². The van der Waals surface area contributed by atoms with Gasteiger partial charge in [-0.1, -0.05) is 11.3 Å². The Morgan fingerprint density at radius 2 is 2.08 bits per heavy atom. The van der Waals surface area contributed by atoms with E-state index in [1.54, 1.807) is 30.3 Å². The summed E-state index contributed by atoms with van der Waals surface area (Å²) in [5.74, 6) is -0.402. The van der Waals surface area contributed by atoms with E-state index in [2.05, 4.69) is 26.1 Å². The number of nitrogens with one attached hydrogen (secondary N) is 1. The van der Waals surface area contributed by atoms with Crippen molar-refractivity contribution in [1.82, 2.24) is 25.6 Å². The fourth-order valence-corrected chi connectivity index (χ4v) is 2.47. The number of nitrogens with zero attached hydrogens (tertiary/aromatic N) is 6. The molecule has 0 aliphatic carbocycles. The highest BCUT2D eigenvalue weighted by molar-refractivity contribution is 7.16. The predicted molar refractivity (Wildman–Crippen MR) is 85.2 cm³/mol. The van der Waals surface area contributed by atoms with Crippen LogP contribution < -0.4 is 5.43 Å². The van der Waals surface area contributed by atoms with E-state index >= 15 is 0 Å². The highest BCUT2D eigenvalue weighted by Gasteiger charge is 2.08. The second kappa shape index (κ2) is 6.75. The lowest BCUT2D eigenvalue weighted by atomic mass is 10.2. The van der Waals surface area contributed by atoms with Gasteiger partial charge in [0.05, 0.1) is 21.7 Å². The Morgan fingerprint density at radius 1 is 1.29 bits per heavy atom. The largest absolute Gasteiger partial charge is 0.324 e.